The molecule has 0 radical (unpaired) electrons. The molecule has 2 aliphatic heterocycles. The van der Waals surface area contributed by atoms with Crippen LogP contribution in [0.5, 0.6) is 0 Å². The predicted octanol–water partition coefficient (Wildman–Crippen LogP) is 7.40. The van der Waals surface area contributed by atoms with Crippen LogP contribution in [0.2, 0.25) is 18.1 Å². The molecule has 1 aromatic carbocycles. The molecule has 49 heavy (non-hydrogen) atoms. The molecule has 2 saturated heterocycles. The molecule has 4 aromatic rings. The van der Waals surface area contributed by atoms with E-state index < -0.39 is 8.32 Å². The monoisotopic (exact) mass is 679 g/mol. The van der Waals surface area contributed by atoms with Crippen molar-refractivity contribution in [3.8, 4) is 0 Å². The molecule has 0 unspecified atom stereocenters. The summed E-state index contributed by atoms with van der Waals surface area (Å²) in [6.07, 6.45) is 7.55. The van der Waals surface area contributed by atoms with Crippen molar-refractivity contribution in [3.63, 3.8) is 0 Å². The summed E-state index contributed by atoms with van der Waals surface area (Å²) in [5.74, 6) is 0.791. The zero-order valence-corrected chi connectivity index (χ0v) is 31.0. The molecule has 1 aliphatic carbocycles. The standard InChI is InChI=1S/C38H49N7O3Si/c1-25-31-19-40-36(42-34(31)45(29-10-8-9-11-29)35(47)33(25)26(2)46)41-32-17-16-30(18-39-32)44-23-38(24-44)21-43(22-38)28-14-12-27(13-15-28)20-48-49(6,7)37(3,4)5/h12-19,29H,8-11,20-24H2,1-7H3,(H,39,40,41,42). The molecular formula is C38H49N7O3Si. The average Bonchev–Trinajstić information content (AvgIpc) is 3.54. The van der Waals surface area contributed by atoms with E-state index in [1.807, 2.05) is 19.2 Å². The Bertz CT molecular complexity index is 1930. The zero-order valence-electron chi connectivity index (χ0n) is 30.0. The van der Waals surface area contributed by atoms with Gasteiger partial charge in [-0.25, -0.2) is 9.97 Å². The van der Waals surface area contributed by atoms with Crippen LogP contribution in [0.25, 0.3) is 11.0 Å². The van der Waals surface area contributed by atoms with Gasteiger partial charge in [0.1, 0.15) is 11.5 Å². The maximum Gasteiger partial charge on any atom is 0.263 e. The van der Waals surface area contributed by atoms with Gasteiger partial charge in [-0.3, -0.25) is 14.2 Å². The number of nitrogens with one attached hydrogen (secondary N) is 1. The molecule has 258 valence electrons. The number of ketones is 1. The number of rotatable bonds is 9. The third-order valence-corrected chi connectivity index (χ3v) is 15.9. The first-order chi connectivity index (χ1) is 23.2. The fraction of sp³-hybridized carbons (Fsp3) is 0.500. The van der Waals surface area contributed by atoms with E-state index >= 15 is 0 Å². The van der Waals surface area contributed by atoms with Crippen molar-refractivity contribution in [1.82, 2.24) is 19.5 Å². The highest BCUT2D eigenvalue weighted by Crippen LogP contribution is 2.44. The van der Waals surface area contributed by atoms with Crippen LogP contribution in [0.4, 0.5) is 23.1 Å². The fourth-order valence-corrected chi connectivity index (χ4v) is 8.41. The number of carbonyl (C=O) groups excluding carboxylic acids is 1. The van der Waals surface area contributed by atoms with Gasteiger partial charge in [-0.1, -0.05) is 45.7 Å². The Morgan fingerprint density at radius 3 is 2.18 bits per heavy atom. The second kappa shape index (κ2) is 12.3. The number of carbonyl (C=O) groups is 1. The molecule has 11 heteroatoms. The Hall–Kier alpha value is -4.09. The maximum atomic E-state index is 13.5. The smallest absolute Gasteiger partial charge is 0.263 e. The average molecular weight is 680 g/mol. The number of benzene rings is 1. The summed E-state index contributed by atoms with van der Waals surface area (Å²) in [6, 6.07) is 13.0. The molecule has 10 nitrogen and oxygen atoms in total. The predicted molar refractivity (Wildman–Crippen MR) is 199 cm³/mol. The molecule has 3 fully saturated rings. The van der Waals surface area contributed by atoms with Crippen LogP contribution in [0.15, 0.2) is 53.6 Å². The first kappa shape index (κ1) is 33.4. The third-order valence-electron chi connectivity index (χ3n) is 11.4. The van der Waals surface area contributed by atoms with Gasteiger partial charge in [0, 0.05) is 54.9 Å². The number of pyridine rings is 2. The summed E-state index contributed by atoms with van der Waals surface area (Å²) in [5, 5.41) is 4.18. The van der Waals surface area contributed by atoms with Gasteiger partial charge >= 0.3 is 0 Å². The van der Waals surface area contributed by atoms with Gasteiger partial charge in [-0.05, 0) is 80.2 Å². The van der Waals surface area contributed by atoms with Crippen LogP contribution in [-0.4, -0.2) is 59.8 Å². The quantitative estimate of drug-likeness (QED) is 0.143. The highest BCUT2D eigenvalue weighted by Gasteiger charge is 2.52. The number of hydrogen-bond donors (Lipinski definition) is 1. The van der Waals surface area contributed by atoms with Crippen molar-refractivity contribution in [2.45, 2.75) is 91.1 Å². The van der Waals surface area contributed by atoms with Crippen molar-refractivity contribution >= 4 is 48.3 Å². The number of aryl methyl sites for hydroxylation is 1. The highest BCUT2D eigenvalue weighted by molar-refractivity contribution is 6.74. The Labute approximate surface area is 290 Å². The molecule has 3 aliphatic rings. The molecule has 1 N–H and O–H groups in total. The van der Waals surface area contributed by atoms with Crippen molar-refractivity contribution in [2.24, 2.45) is 5.41 Å². The van der Waals surface area contributed by atoms with Gasteiger partial charge in [0.2, 0.25) is 5.95 Å². The minimum absolute atomic E-state index is 0.0366. The Morgan fingerprint density at radius 1 is 0.959 bits per heavy atom. The Morgan fingerprint density at radius 2 is 1.59 bits per heavy atom. The van der Waals surface area contributed by atoms with Crippen molar-refractivity contribution in [3.05, 3.63) is 75.8 Å². The van der Waals surface area contributed by atoms with E-state index in [-0.39, 0.29) is 28.0 Å². The maximum absolute atomic E-state index is 13.5. The fourth-order valence-electron chi connectivity index (χ4n) is 7.45. The number of hydrogen-bond acceptors (Lipinski definition) is 9. The lowest BCUT2D eigenvalue weighted by molar-refractivity contribution is 0.101. The molecule has 5 heterocycles. The van der Waals surface area contributed by atoms with Gasteiger partial charge < -0.3 is 19.5 Å². The summed E-state index contributed by atoms with van der Waals surface area (Å²) in [4.78, 5) is 44.8. The van der Waals surface area contributed by atoms with Crippen LogP contribution in [0.3, 0.4) is 0 Å². The van der Waals surface area contributed by atoms with Crippen LogP contribution in [0, 0.1) is 12.3 Å². The highest BCUT2D eigenvalue weighted by atomic mass is 28.4. The summed E-state index contributed by atoms with van der Waals surface area (Å²) >= 11 is 0. The number of Topliss-reactive ketones (excluding diaryl/α,β-unsaturated/α-hetero) is 1. The molecule has 3 aromatic heterocycles. The van der Waals surface area contributed by atoms with Crippen molar-refractivity contribution in [2.75, 3.05) is 41.3 Å². The third kappa shape index (κ3) is 6.27. The van der Waals surface area contributed by atoms with Gasteiger partial charge in [-0.15, -0.1) is 0 Å². The zero-order chi connectivity index (χ0) is 34.7. The number of nitrogens with zero attached hydrogens (tertiary/aromatic N) is 6. The SMILES string of the molecule is CC(=O)c1c(C)c2cnc(Nc3ccc(N4CC5(CN(c6ccc(CO[Si](C)(C)C(C)(C)C)cc6)C5)C4)cn3)nc2n(C2CCCC2)c1=O. The Balaban J connectivity index is 0.963. The number of aromatic nitrogens is 4. The summed E-state index contributed by atoms with van der Waals surface area (Å²) in [7, 11) is -1.76. The summed E-state index contributed by atoms with van der Waals surface area (Å²) in [6.45, 7) is 19.5. The Kier molecular flexibility index (Phi) is 8.42. The molecule has 0 bridgehead atoms. The molecule has 0 amide bonds. The number of anilines is 4. The lowest BCUT2D eigenvalue weighted by Gasteiger charge is -2.61. The first-order valence-electron chi connectivity index (χ1n) is 17.6. The van der Waals surface area contributed by atoms with Crippen LogP contribution >= 0.6 is 0 Å². The van der Waals surface area contributed by atoms with E-state index in [9.17, 15) is 9.59 Å². The van der Waals surface area contributed by atoms with E-state index in [1.165, 1.54) is 18.2 Å². The van der Waals surface area contributed by atoms with Gasteiger partial charge in [-0.2, -0.15) is 4.98 Å². The van der Waals surface area contributed by atoms with E-state index in [1.54, 1.807) is 10.8 Å². The van der Waals surface area contributed by atoms with Gasteiger partial charge in [0.25, 0.3) is 5.56 Å². The van der Waals surface area contributed by atoms with E-state index in [0.717, 1.165) is 62.9 Å². The molecule has 1 saturated carbocycles. The minimum atomic E-state index is -1.76. The summed E-state index contributed by atoms with van der Waals surface area (Å²) in [5.41, 5.74) is 5.14. The number of fused-ring (bicyclic) bond motifs is 1. The van der Waals surface area contributed by atoms with Crippen molar-refractivity contribution < 1.29 is 9.22 Å². The van der Waals surface area contributed by atoms with E-state index in [0.29, 0.717) is 35.0 Å². The topological polar surface area (TPSA) is 105 Å². The largest absolute Gasteiger partial charge is 0.413 e. The van der Waals surface area contributed by atoms with Gasteiger partial charge in [0.05, 0.1) is 24.1 Å². The molecule has 7 rings (SSSR count). The lowest BCUT2D eigenvalue weighted by Crippen LogP contribution is -2.72. The lowest BCUT2D eigenvalue weighted by atomic mass is 9.72. The van der Waals surface area contributed by atoms with E-state index in [2.05, 4.69) is 89.3 Å². The van der Waals surface area contributed by atoms with Crippen LogP contribution < -0.4 is 20.7 Å². The summed E-state index contributed by atoms with van der Waals surface area (Å²) < 4.78 is 8.14. The second-order valence-electron chi connectivity index (χ2n) is 16.1. The van der Waals surface area contributed by atoms with Crippen molar-refractivity contribution in [1.29, 1.82) is 0 Å². The molecule has 1 spiro atoms. The molecule has 0 atom stereocenters. The van der Waals surface area contributed by atoms with Crippen LogP contribution in [-0.2, 0) is 11.0 Å². The molecular weight excluding hydrogens is 631 g/mol. The first-order valence-corrected chi connectivity index (χ1v) is 20.5. The normalized spacial score (nSPS) is 17.8. The van der Waals surface area contributed by atoms with E-state index in [4.69, 9.17) is 9.41 Å². The minimum Gasteiger partial charge on any atom is -0.413 e. The van der Waals surface area contributed by atoms with Crippen LogP contribution in [0.1, 0.15) is 80.9 Å². The second-order valence-corrected chi connectivity index (χ2v) is 20.9. The van der Waals surface area contributed by atoms with Gasteiger partial charge in [0.15, 0.2) is 14.1 Å².